The number of anilines is 1. The number of hydrogen-bond donors (Lipinski definition) is 0. The van der Waals surface area contributed by atoms with Crippen molar-refractivity contribution < 1.29 is 0 Å². The molecule has 0 aliphatic heterocycles. The molecule has 0 spiro atoms. The molecule has 1 aromatic heterocycles. The molecule has 17 heavy (non-hydrogen) atoms. The van der Waals surface area contributed by atoms with Gasteiger partial charge in [-0.2, -0.15) is 0 Å². The maximum Gasteiger partial charge on any atom is 0.0642 e. The molecule has 0 unspecified atom stereocenters. The van der Waals surface area contributed by atoms with Crippen LogP contribution in [0.3, 0.4) is 0 Å². The van der Waals surface area contributed by atoms with Crippen LogP contribution in [-0.2, 0) is 12.4 Å². The van der Waals surface area contributed by atoms with E-state index in [-0.39, 0.29) is 0 Å². The highest BCUT2D eigenvalue weighted by Crippen LogP contribution is 2.28. The van der Waals surface area contributed by atoms with Crippen LogP contribution in [0, 0.1) is 0 Å². The maximum atomic E-state index is 6.25. The van der Waals surface area contributed by atoms with Crippen molar-refractivity contribution in [2.75, 3.05) is 11.9 Å². The number of hydrogen-bond acceptors (Lipinski definition) is 2. The molecule has 2 rings (SSSR count). The van der Waals surface area contributed by atoms with Gasteiger partial charge in [0.15, 0.2) is 0 Å². The molecule has 0 aliphatic rings. The average molecular weight is 286 g/mol. The zero-order valence-corrected chi connectivity index (χ0v) is 11.8. The summed E-state index contributed by atoms with van der Waals surface area (Å²) in [6.07, 6.45) is 0. The lowest BCUT2D eigenvalue weighted by molar-refractivity contribution is 0.940. The van der Waals surface area contributed by atoms with Crippen molar-refractivity contribution in [3.63, 3.8) is 0 Å². The summed E-state index contributed by atoms with van der Waals surface area (Å²) in [7, 11) is 2.04. The molecule has 0 bridgehead atoms. The monoisotopic (exact) mass is 285 g/mol. The Morgan fingerprint density at radius 2 is 2.12 bits per heavy atom. The standard InChI is InChI=1S/C13H13Cl2NS/c1-16(9-11-3-2-6-17-11)13-5-4-10(8-14)7-12(13)15/h2-7H,8-9H2,1H3. The smallest absolute Gasteiger partial charge is 0.0642 e. The molecule has 0 N–H and O–H groups in total. The average Bonchev–Trinajstić information content (AvgIpc) is 2.81. The lowest BCUT2D eigenvalue weighted by Gasteiger charge is -2.20. The Hall–Kier alpha value is -0.700. The first-order valence-electron chi connectivity index (χ1n) is 5.28. The van der Waals surface area contributed by atoms with E-state index < -0.39 is 0 Å². The van der Waals surface area contributed by atoms with Crippen LogP contribution < -0.4 is 4.90 Å². The van der Waals surface area contributed by atoms with Gasteiger partial charge in [-0.25, -0.2) is 0 Å². The van der Waals surface area contributed by atoms with Crippen molar-refractivity contribution in [2.45, 2.75) is 12.4 Å². The summed E-state index contributed by atoms with van der Waals surface area (Å²) < 4.78 is 0. The van der Waals surface area contributed by atoms with Gasteiger partial charge in [0.2, 0.25) is 0 Å². The van der Waals surface area contributed by atoms with E-state index in [1.54, 1.807) is 11.3 Å². The Morgan fingerprint density at radius 1 is 1.29 bits per heavy atom. The minimum atomic E-state index is 0.495. The summed E-state index contributed by atoms with van der Waals surface area (Å²) in [5, 5.41) is 2.84. The molecule has 0 amide bonds. The third kappa shape index (κ3) is 3.15. The summed E-state index contributed by atoms with van der Waals surface area (Å²) in [5.74, 6) is 0.495. The molecule has 0 atom stereocenters. The van der Waals surface area contributed by atoms with Crippen molar-refractivity contribution in [2.24, 2.45) is 0 Å². The fourth-order valence-electron chi connectivity index (χ4n) is 1.66. The summed E-state index contributed by atoms with van der Waals surface area (Å²) in [6, 6.07) is 10.1. The molecule has 0 saturated heterocycles. The van der Waals surface area contributed by atoms with Gasteiger partial charge in [0, 0.05) is 17.8 Å². The third-order valence-corrected chi connectivity index (χ3v) is 4.02. The van der Waals surface area contributed by atoms with E-state index in [4.69, 9.17) is 23.2 Å². The highest BCUT2D eigenvalue weighted by molar-refractivity contribution is 7.09. The topological polar surface area (TPSA) is 3.24 Å². The van der Waals surface area contributed by atoms with Crippen LogP contribution in [0.4, 0.5) is 5.69 Å². The van der Waals surface area contributed by atoms with Crippen LogP contribution >= 0.6 is 34.5 Å². The van der Waals surface area contributed by atoms with Gasteiger partial charge in [0.25, 0.3) is 0 Å². The van der Waals surface area contributed by atoms with Gasteiger partial charge in [-0.05, 0) is 29.1 Å². The van der Waals surface area contributed by atoms with Gasteiger partial charge in [0.05, 0.1) is 17.3 Å². The van der Waals surface area contributed by atoms with Crippen molar-refractivity contribution in [3.8, 4) is 0 Å². The quantitative estimate of drug-likeness (QED) is 0.731. The van der Waals surface area contributed by atoms with Gasteiger partial charge >= 0.3 is 0 Å². The van der Waals surface area contributed by atoms with Crippen LogP contribution in [0.15, 0.2) is 35.7 Å². The van der Waals surface area contributed by atoms with Crippen molar-refractivity contribution in [3.05, 3.63) is 51.2 Å². The van der Waals surface area contributed by atoms with E-state index in [2.05, 4.69) is 22.4 Å². The lowest BCUT2D eigenvalue weighted by atomic mass is 10.2. The molecular formula is C13H13Cl2NS. The van der Waals surface area contributed by atoms with Gasteiger partial charge in [-0.1, -0.05) is 23.7 Å². The van der Waals surface area contributed by atoms with E-state index >= 15 is 0 Å². The number of rotatable bonds is 4. The zero-order chi connectivity index (χ0) is 12.3. The van der Waals surface area contributed by atoms with Crippen molar-refractivity contribution in [1.82, 2.24) is 0 Å². The summed E-state index contributed by atoms with van der Waals surface area (Å²) in [5.41, 5.74) is 2.08. The minimum Gasteiger partial charge on any atom is -0.368 e. The van der Waals surface area contributed by atoms with Crippen molar-refractivity contribution in [1.29, 1.82) is 0 Å². The summed E-state index contributed by atoms with van der Waals surface area (Å²) in [4.78, 5) is 3.47. The van der Waals surface area contributed by atoms with Crippen molar-refractivity contribution >= 4 is 40.2 Å². The van der Waals surface area contributed by atoms with E-state index in [1.165, 1.54) is 4.88 Å². The molecule has 0 aliphatic carbocycles. The van der Waals surface area contributed by atoms with Crippen LogP contribution in [0.1, 0.15) is 10.4 Å². The van der Waals surface area contributed by atoms with Crippen LogP contribution in [0.2, 0.25) is 5.02 Å². The maximum absolute atomic E-state index is 6.25. The van der Waals surface area contributed by atoms with E-state index in [1.807, 2.05) is 25.2 Å². The molecule has 0 fully saturated rings. The first kappa shape index (κ1) is 12.7. The fraction of sp³-hybridized carbons (Fsp3) is 0.231. The Bertz CT molecular complexity index is 482. The molecular weight excluding hydrogens is 273 g/mol. The Morgan fingerprint density at radius 3 is 2.71 bits per heavy atom. The SMILES string of the molecule is CN(Cc1cccs1)c1ccc(CCl)cc1Cl. The largest absolute Gasteiger partial charge is 0.368 e. The minimum absolute atomic E-state index is 0.495. The first-order valence-corrected chi connectivity index (χ1v) is 7.08. The predicted molar refractivity (Wildman–Crippen MR) is 77.4 cm³/mol. The van der Waals surface area contributed by atoms with Crippen LogP contribution in [0.25, 0.3) is 0 Å². The van der Waals surface area contributed by atoms with E-state index in [0.717, 1.165) is 22.8 Å². The fourth-order valence-corrected chi connectivity index (χ4v) is 2.94. The Labute approximate surface area is 116 Å². The van der Waals surface area contributed by atoms with Gasteiger partial charge in [-0.3, -0.25) is 0 Å². The van der Waals surface area contributed by atoms with Crippen LogP contribution in [0.5, 0.6) is 0 Å². The number of thiophene rings is 1. The summed E-state index contributed by atoms with van der Waals surface area (Å²) in [6.45, 7) is 0.873. The van der Waals surface area contributed by atoms with Gasteiger partial charge < -0.3 is 4.90 Å². The number of halogens is 2. The second-order valence-corrected chi connectivity index (χ2v) is 5.56. The number of alkyl halides is 1. The molecule has 90 valence electrons. The Balaban J connectivity index is 2.16. The van der Waals surface area contributed by atoms with Gasteiger partial charge in [0.1, 0.15) is 0 Å². The molecule has 1 nitrogen and oxygen atoms in total. The highest BCUT2D eigenvalue weighted by Gasteiger charge is 2.07. The number of nitrogens with zero attached hydrogens (tertiary/aromatic N) is 1. The first-order chi connectivity index (χ1) is 8.20. The molecule has 0 saturated carbocycles. The zero-order valence-electron chi connectivity index (χ0n) is 9.49. The molecule has 4 heteroatoms. The second-order valence-electron chi connectivity index (χ2n) is 3.85. The Kier molecular flexibility index (Phi) is 4.32. The van der Waals surface area contributed by atoms with Crippen LogP contribution in [-0.4, -0.2) is 7.05 Å². The molecule has 1 aromatic carbocycles. The number of benzene rings is 1. The molecule has 1 heterocycles. The van der Waals surface area contributed by atoms with E-state index in [0.29, 0.717) is 5.88 Å². The predicted octanol–water partition coefficient (Wildman–Crippen LogP) is 4.78. The molecule has 2 aromatic rings. The lowest BCUT2D eigenvalue weighted by Crippen LogP contribution is -2.15. The highest BCUT2D eigenvalue weighted by atomic mass is 35.5. The van der Waals surface area contributed by atoms with Gasteiger partial charge in [-0.15, -0.1) is 22.9 Å². The third-order valence-electron chi connectivity index (χ3n) is 2.55. The van der Waals surface area contributed by atoms with E-state index in [9.17, 15) is 0 Å². The summed E-state index contributed by atoms with van der Waals surface area (Å²) >= 11 is 13.8. The molecule has 0 radical (unpaired) electrons. The second kappa shape index (κ2) is 5.76. The normalized spacial score (nSPS) is 10.5.